The molecule has 6 nitrogen and oxygen atoms in total. The lowest BCUT2D eigenvalue weighted by Gasteiger charge is -2.07. The minimum atomic E-state index is 0.915. The second kappa shape index (κ2) is 22.6. The highest BCUT2D eigenvalue weighted by Gasteiger charge is 2.05. The molecule has 0 fully saturated rings. The lowest BCUT2D eigenvalue weighted by molar-refractivity contribution is 0.931. The molecule has 6 aromatic heterocycles. The zero-order valence-corrected chi connectivity index (χ0v) is 37.9. The van der Waals surface area contributed by atoms with Gasteiger partial charge in [-0.3, -0.25) is 29.9 Å². The van der Waals surface area contributed by atoms with Crippen LogP contribution in [0.5, 0.6) is 0 Å². The first-order valence-corrected chi connectivity index (χ1v) is 22.4. The van der Waals surface area contributed by atoms with Crippen LogP contribution < -0.4 is 0 Å². The summed E-state index contributed by atoms with van der Waals surface area (Å²) in [5, 5.41) is 1.88. The van der Waals surface area contributed by atoms with Crippen LogP contribution in [0.25, 0.3) is 34.2 Å². The molecule has 6 heterocycles. The summed E-state index contributed by atoms with van der Waals surface area (Å²) in [6.07, 6.45) is 15.4. The molecule has 0 unspecified atom stereocenters. The lowest BCUT2D eigenvalue weighted by Crippen LogP contribution is -1.96. The topological polar surface area (TPSA) is 77.3 Å². The molecule has 0 saturated heterocycles. The van der Waals surface area contributed by atoms with E-state index in [1.807, 2.05) is 101 Å². The number of halogens is 2. The van der Waals surface area contributed by atoms with Crippen LogP contribution in [0.3, 0.4) is 0 Å². The molecule has 8 rings (SSSR count). The van der Waals surface area contributed by atoms with E-state index in [0.29, 0.717) is 0 Å². The van der Waals surface area contributed by atoms with Crippen molar-refractivity contribution in [1.29, 1.82) is 0 Å². The number of hydrogen-bond donors (Lipinski definition) is 0. The van der Waals surface area contributed by atoms with E-state index in [2.05, 4.69) is 147 Å². The highest BCUT2D eigenvalue weighted by atomic mass is 79.9. The zero-order chi connectivity index (χ0) is 42.1. The fourth-order valence-corrected chi connectivity index (χ4v) is 6.84. The highest BCUT2D eigenvalue weighted by molar-refractivity contribution is 9.08. The van der Waals surface area contributed by atoms with Crippen LogP contribution in [0, 0.1) is 27.7 Å². The molecule has 0 amide bonds. The van der Waals surface area contributed by atoms with Crippen molar-refractivity contribution in [2.24, 2.45) is 0 Å². The number of aryl methyl sites for hydroxylation is 8. The molecule has 0 saturated carbocycles. The summed E-state index contributed by atoms with van der Waals surface area (Å²) in [6, 6.07) is 42.2. The van der Waals surface area contributed by atoms with Gasteiger partial charge in [-0.1, -0.05) is 117 Å². The normalized spacial score (nSPS) is 10.6. The molecule has 0 bridgehead atoms. The molecule has 302 valence electrons. The van der Waals surface area contributed by atoms with E-state index in [1.165, 1.54) is 44.5 Å². The van der Waals surface area contributed by atoms with Gasteiger partial charge in [-0.25, -0.2) is 0 Å². The molecule has 8 heteroatoms. The number of rotatable bonds is 11. The molecular formula is C52H50Br2N6. The van der Waals surface area contributed by atoms with E-state index in [1.54, 1.807) is 0 Å². The molecule has 0 atom stereocenters. The van der Waals surface area contributed by atoms with E-state index < -0.39 is 0 Å². The molecule has 0 radical (unpaired) electrons. The van der Waals surface area contributed by atoms with E-state index in [0.717, 1.165) is 81.6 Å². The first-order chi connectivity index (χ1) is 29.2. The summed E-state index contributed by atoms with van der Waals surface area (Å²) in [4.78, 5) is 26.8. The van der Waals surface area contributed by atoms with Gasteiger partial charge in [0.1, 0.15) is 0 Å². The summed E-state index contributed by atoms with van der Waals surface area (Å²) in [5.74, 6) is 0. The standard InChI is InChI=1S/C32H30N4.C12H12N2.C8H8Br2/c1-23-3-15-29(33-19-23)31-17-13-27(21-35-31)11-9-25-5-7-26(8-6-25)10-12-28-14-18-32(36-22-28)30-16-4-24(2)20-34-30;1-9-3-5-11(13-7-9)12-6-4-10(2)8-14-12;9-5-7-1-2-8(6-10)4-3-7/h3-8,13-22H,9-12H2,1-2H3;3-8H,1-2H3;1-4H,5-6H2. The van der Waals surface area contributed by atoms with Crippen molar-refractivity contribution >= 4 is 31.9 Å². The second-order valence-corrected chi connectivity index (χ2v) is 16.0. The fourth-order valence-electron chi connectivity index (χ4n) is 6.09. The monoisotopic (exact) mass is 916 g/mol. The third-order valence-corrected chi connectivity index (χ3v) is 11.1. The maximum Gasteiger partial charge on any atom is 0.0886 e. The van der Waals surface area contributed by atoms with Gasteiger partial charge in [-0.2, -0.15) is 0 Å². The predicted molar refractivity (Wildman–Crippen MR) is 254 cm³/mol. The molecule has 0 spiro atoms. The highest BCUT2D eigenvalue weighted by Crippen LogP contribution is 2.19. The third kappa shape index (κ3) is 13.7. The van der Waals surface area contributed by atoms with Crippen molar-refractivity contribution in [3.05, 3.63) is 214 Å². The molecule has 60 heavy (non-hydrogen) atoms. The van der Waals surface area contributed by atoms with Gasteiger partial charge >= 0.3 is 0 Å². The zero-order valence-electron chi connectivity index (χ0n) is 34.7. The molecule has 0 aliphatic carbocycles. The molecule has 2 aromatic carbocycles. The Kier molecular flexibility index (Phi) is 16.5. The average molecular weight is 919 g/mol. The largest absolute Gasteiger partial charge is 0.254 e. The quantitative estimate of drug-likeness (QED) is 0.120. The van der Waals surface area contributed by atoms with Gasteiger partial charge < -0.3 is 0 Å². The summed E-state index contributed by atoms with van der Waals surface area (Å²) in [5.41, 5.74) is 18.0. The Morgan fingerprint density at radius 3 is 0.700 bits per heavy atom. The summed E-state index contributed by atoms with van der Waals surface area (Å²) >= 11 is 6.78. The van der Waals surface area contributed by atoms with E-state index >= 15 is 0 Å². The summed E-state index contributed by atoms with van der Waals surface area (Å²) < 4.78 is 0. The van der Waals surface area contributed by atoms with Crippen LogP contribution in [0.1, 0.15) is 55.6 Å². The Balaban J connectivity index is 0.000000204. The second-order valence-electron chi connectivity index (χ2n) is 14.9. The van der Waals surface area contributed by atoms with Gasteiger partial charge in [0.2, 0.25) is 0 Å². The van der Waals surface area contributed by atoms with Crippen LogP contribution in [-0.4, -0.2) is 29.9 Å². The molecule has 0 aliphatic heterocycles. The van der Waals surface area contributed by atoms with E-state index in [-0.39, 0.29) is 0 Å². The van der Waals surface area contributed by atoms with Crippen LogP contribution in [0.4, 0.5) is 0 Å². The van der Waals surface area contributed by atoms with Crippen LogP contribution >= 0.6 is 31.9 Å². The number of nitrogens with zero attached hydrogens (tertiary/aromatic N) is 6. The maximum atomic E-state index is 4.61. The Hall–Kier alpha value is -5.70. The fraction of sp³-hybridized carbons (Fsp3) is 0.192. The SMILES string of the molecule is BrCc1ccc(CBr)cc1.Cc1ccc(-c2ccc(C)cn2)nc1.Cc1ccc(-c2ccc(CCc3ccc(CCc4ccc(-c5ccc(C)cn5)nc4)cc3)cn2)nc1. The summed E-state index contributed by atoms with van der Waals surface area (Å²) in [6.45, 7) is 8.14. The maximum absolute atomic E-state index is 4.61. The minimum Gasteiger partial charge on any atom is -0.254 e. The Bertz CT molecular complexity index is 2290. The number of hydrogen-bond acceptors (Lipinski definition) is 6. The van der Waals surface area contributed by atoms with Crippen molar-refractivity contribution < 1.29 is 0 Å². The minimum absolute atomic E-state index is 0.915. The number of alkyl halides is 2. The smallest absolute Gasteiger partial charge is 0.0886 e. The van der Waals surface area contributed by atoms with E-state index in [4.69, 9.17) is 0 Å². The van der Waals surface area contributed by atoms with Crippen molar-refractivity contribution in [2.45, 2.75) is 64.0 Å². The first kappa shape index (κ1) is 43.9. The van der Waals surface area contributed by atoms with Gasteiger partial charge in [0.05, 0.1) is 34.2 Å². The Morgan fingerprint density at radius 2 is 0.483 bits per heavy atom. The van der Waals surface area contributed by atoms with Crippen molar-refractivity contribution in [3.8, 4) is 34.2 Å². The molecular weight excluding hydrogens is 868 g/mol. The molecule has 0 N–H and O–H groups in total. The Labute approximate surface area is 372 Å². The van der Waals surface area contributed by atoms with Crippen LogP contribution in [-0.2, 0) is 36.3 Å². The van der Waals surface area contributed by atoms with Gasteiger partial charge in [-0.05, 0) is 145 Å². The van der Waals surface area contributed by atoms with Crippen molar-refractivity contribution in [3.63, 3.8) is 0 Å². The van der Waals surface area contributed by atoms with Crippen LogP contribution in [0.2, 0.25) is 0 Å². The number of aromatic nitrogens is 6. The number of benzene rings is 2. The van der Waals surface area contributed by atoms with Crippen molar-refractivity contribution in [1.82, 2.24) is 29.9 Å². The first-order valence-electron chi connectivity index (χ1n) is 20.1. The van der Waals surface area contributed by atoms with Crippen molar-refractivity contribution in [2.75, 3.05) is 0 Å². The lowest BCUT2D eigenvalue weighted by atomic mass is 10.0. The summed E-state index contributed by atoms with van der Waals surface area (Å²) in [7, 11) is 0. The third-order valence-electron chi connectivity index (χ3n) is 9.84. The molecule has 0 aliphatic rings. The molecule has 8 aromatic rings. The van der Waals surface area contributed by atoms with E-state index in [9.17, 15) is 0 Å². The Morgan fingerprint density at radius 1 is 0.267 bits per heavy atom. The van der Waals surface area contributed by atoms with Gasteiger partial charge in [0.15, 0.2) is 0 Å². The average Bonchev–Trinajstić information content (AvgIpc) is 3.30. The van der Waals surface area contributed by atoms with Gasteiger partial charge in [-0.15, -0.1) is 0 Å². The van der Waals surface area contributed by atoms with Crippen LogP contribution in [0.15, 0.2) is 159 Å². The van der Waals surface area contributed by atoms with Gasteiger partial charge in [0, 0.05) is 47.8 Å². The predicted octanol–water partition coefficient (Wildman–Crippen LogP) is 13.0. The number of pyridine rings is 6. The van der Waals surface area contributed by atoms with Gasteiger partial charge in [0.25, 0.3) is 0 Å².